The first kappa shape index (κ1) is 14.3. The van der Waals surface area contributed by atoms with E-state index in [1.165, 1.54) is 0 Å². The van der Waals surface area contributed by atoms with Crippen LogP contribution in [0.25, 0.3) is 0 Å². The lowest BCUT2D eigenvalue weighted by molar-refractivity contribution is 0.738. The molecule has 0 saturated carbocycles. The number of nitrogen functional groups attached to an aromatic ring is 1. The Morgan fingerprint density at radius 3 is 2.65 bits per heavy atom. The van der Waals surface area contributed by atoms with Crippen LogP contribution >= 0.6 is 0 Å². The molecule has 0 aliphatic carbocycles. The Kier molecular flexibility index (Phi) is 4.52. The summed E-state index contributed by atoms with van der Waals surface area (Å²) in [4.78, 5) is 8.79. The van der Waals surface area contributed by atoms with Crippen LogP contribution in [0.4, 0.5) is 11.6 Å². The fraction of sp³-hybridized carbons (Fsp3) is 0.462. The molecule has 0 saturated heterocycles. The molecule has 0 aliphatic heterocycles. The second kappa shape index (κ2) is 6.33. The lowest BCUT2D eigenvalue weighted by Gasteiger charge is -2.09. The third kappa shape index (κ3) is 3.24. The highest BCUT2D eigenvalue weighted by atomic mass is 15.3. The monoisotopic (exact) mass is 275 g/mol. The van der Waals surface area contributed by atoms with Crippen LogP contribution in [-0.2, 0) is 20.0 Å². The summed E-state index contributed by atoms with van der Waals surface area (Å²) in [6.07, 6.45) is 3.68. The molecular weight excluding hydrogens is 254 g/mol. The van der Waals surface area contributed by atoms with Gasteiger partial charge in [0.25, 0.3) is 0 Å². The molecule has 108 valence electrons. The van der Waals surface area contributed by atoms with Crippen molar-refractivity contribution in [3.05, 3.63) is 29.3 Å². The number of hydrogen-bond donors (Lipinski definition) is 3. The van der Waals surface area contributed by atoms with E-state index in [0.717, 1.165) is 35.7 Å². The Balaban J connectivity index is 2.12. The SMILES string of the molecule is CCCc1nc(NN)cc(NCc2cnn(C)c2C)n1. The van der Waals surface area contributed by atoms with E-state index in [0.29, 0.717) is 12.4 Å². The van der Waals surface area contributed by atoms with Gasteiger partial charge in [-0.3, -0.25) is 4.68 Å². The zero-order chi connectivity index (χ0) is 14.5. The Morgan fingerprint density at radius 1 is 1.30 bits per heavy atom. The summed E-state index contributed by atoms with van der Waals surface area (Å²) in [7, 11) is 1.93. The van der Waals surface area contributed by atoms with Gasteiger partial charge >= 0.3 is 0 Å². The Morgan fingerprint density at radius 2 is 2.05 bits per heavy atom. The van der Waals surface area contributed by atoms with Crippen molar-refractivity contribution in [3.8, 4) is 0 Å². The molecule has 0 fully saturated rings. The number of rotatable bonds is 6. The van der Waals surface area contributed by atoms with Crippen molar-refractivity contribution >= 4 is 11.6 Å². The number of nitrogens with two attached hydrogens (primary N) is 1. The molecule has 7 heteroatoms. The third-order valence-corrected chi connectivity index (χ3v) is 3.19. The Labute approximate surface area is 118 Å². The molecule has 2 aromatic rings. The van der Waals surface area contributed by atoms with Crippen molar-refractivity contribution < 1.29 is 0 Å². The predicted octanol–water partition coefficient (Wildman–Crippen LogP) is 1.37. The average Bonchev–Trinajstić information content (AvgIpc) is 2.77. The fourth-order valence-corrected chi connectivity index (χ4v) is 1.90. The molecule has 0 spiro atoms. The van der Waals surface area contributed by atoms with Crippen LogP contribution in [0.5, 0.6) is 0 Å². The molecule has 0 radical (unpaired) electrons. The smallest absolute Gasteiger partial charge is 0.145 e. The molecule has 7 nitrogen and oxygen atoms in total. The number of aromatic nitrogens is 4. The average molecular weight is 275 g/mol. The molecule has 0 aromatic carbocycles. The van der Waals surface area contributed by atoms with Crippen molar-refractivity contribution in [3.63, 3.8) is 0 Å². The van der Waals surface area contributed by atoms with Crippen LogP contribution < -0.4 is 16.6 Å². The van der Waals surface area contributed by atoms with Gasteiger partial charge < -0.3 is 10.7 Å². The van der Waals surface area contributed by atoms with Gasteiger partial charge in [-0.15, -0.1) is 0 Å². The lowest BCUT2D eigenvalue weighted by atomic mass is 10.2. The van der Waals surface area contributed by atoms with Gasteiger partial charge in [-0.05, 0) is 13.3 Å². The first-order chi connectivity index (χ1) is 9.63. The van der Waals surface area contributed by atoms with Gasteiger partial charge in [0, 0.05) is 37.3 Å². The molecule has 0 atom stereocenters. The summed E-state index contributed by atoms with van der Waals surface area (Å²) in [6.45, 7) is 4.81. The van der Waals surface area contributed by atoms with Gasteiger partial charge in [-0.25, -0.2) is 15.8 Å². The van der Waals surface area contributed by atoms with Crippen LogP contribution in [-0.4, -0.2) is 19.7 Å². The van der Waals surface area contributed by atoms with E-state index in [1.807, 2.05) is 24.9 Å². The third-order valence-electron chi connectivity index (χ3n) is 3.19. The van der Waals surface area contributed by atoms with Gasteiger partial charge in [0.1, 0.15) is 17.5 Å². The van der Waals surface area contributed by atoms with Crippen LogP contribution in [0.2, 0.25) is 0 Å². The quantitative estimate of drug-likeness (QED) is 0.544. The fourth-order valence-electron chi connectivity index (χ4n) is 1.90. The van der Waals surface area contributed by atoms with Gasteiger partial charge in [-0.1, -0.05) is 6.92 Å². The number of nitrogens with zero attached hydrogens (tertiary/aromatic N) is 4. The van der Waals surface area contributed by atoms with E-state index in [1.54, 1.807) is 6.07 Å². The summed E-state index contributed by atoms with van der Waals surface area (Å²) in [5.74, 6) is 7.61. The maximum absolute atomic E-state index is 5.44. The molecule has 0 aliphatic rings. The highest BCUT2D eigenvalue weighted by Crippen LogP contribution is 2.14. The van der Waals surface area contributed by atoms with Crippen LogP contribution in [0.1, 0.15) is 30.4 Å². The molecular formula is C13H21N7. The number of aryl methyl sites for hydroxylation is 2. The molecule has 0 amide bonds. The second-order valence-corrected chi connectivity index (χ2v) is 4.68. The van der Waals surface area contributed by atoms with E-state index >= 15 is 0 Å². The first-order valence-electron chi connectivity index (χ1n) is 6.70. The van der Waals surface area contributed by atoms with Gasteiger partial charge in [0.15, 0.2) is 0 Å². The molecule has 2 heterocycles. The number of anilines is 2. The topological polar surface area (TPSA) is 93.7 Å². The second-order valence-electron chi connectivity index (χ2n) is 4.68. The maximum Gasteiger partial charge on any atom is 0.145 e. The molecule has 0 bridgehead atoms. The highest BCUT2D eigenvalue weighted by molar-refractivity contribution is 5.47. The van der Waals surface area contributed by atoms with Gasteiger partial charge in [-0.2, -0.15) is 5.10 Å². The van der Waals surface area contributed by atoms with Gasteiger partial charge in [0.2, 0.25) is 0 Å². The minimum atomic E-state index is 0.619. The summed E-state index contributed by atoms with van der Waals surface area (Å²) >= 11 is 0. The largest absolute Gasteiger partial charge is 0.366 e. The molecule has 4 N–H and O–H groups in total. The van der Waals surface area contributed by atoms with Crippen LogP contribution in [0, 0.1) is 6.92 Å². The summed E-state index contributed by atoms with van der Waals surface area (Å²) < 4.78 is 1.85. The Hall–Kier alpha value is -2.15. The highest BCUT2D eigenvalue weighted by Gasteiger charge is 2.06. The van der Waals surface area contributed by atoms with E-state index in [4.69, 9.17) is 5.84 Å². The predicted molar refractivity (Wildman–Crippen MR) is 79.1 cm³/mol. The summed E-state index contributed by atoms with van der Waals surface area (Å²) in [5, 5.41) is 7.51. The van der Waals surface area contributed by atoms with Crippen molar-refractivity contribution in [2.45, 2.75) is 33.2 Å². The van der Waals surface area contributed by atoms with Crippen molar-refractivity contribution in [2.24, 2.45) is 12.9 Å². The van der Waals surface area contributed by atoms with Crippen molar-refractivity contribution in [1.29, 1.82) is 0 Å². The van der Waals surface area contributed by atoms with Crippen LogP contribution in [0.3, 0.4) is 0 Å². The zero-order valence-corrected chi connectivity index (χ0v) is 12.1. The van der Waals surface area contributed by atoms with Crippen LogP contribution in [0.15, 0.2) is 12.3 Å². The number of nitrogens with one attached hydrogen (secondary N) is 2. The van der Waals surface area contributed by atoms with Crippen molar-refractivity contribution in [1.82, 2.24) is 19.7 Å². The normalized spacial score (nSPS) is 10.6. The van der Waals surface area contributed by atoms with Crippen molar-refractivity contribution in [2.75, 3.05) is 10.7 Å². The summed E-state index contributed by atoms with van der Waals surface area (Å²) in [5.41, 5.74) is 4.85. The summed E-state index contributed by atoms with van der Waals surface area (Å²) in [6, 6.07) is 1.80. The standard InChI is InChI=1S/C13H21N7/c1-4-5-11-17-12(6-13(18-11)19-14)15-7-10-8-16-20(3)9(10)2/h6,8H,4-5,7,14H2,1-3H3,(H2,15,17,18,19). The Bertz CT molecular complexity index is 576. The molecule has 20 heavy (non-hydrogen) atoms. The van der Waals surface area contributed by atoms with E-state index in [-0.39, 0.29) is 0 Å². The lowest BCUT2D eigenvalue weighted by Crippen LogP contribution is -2.12. The first-order valence-corrected chi connectivity index (χ1v) is 6.70. The van der Waals surface area contributed by atoms with E-state index < -0.39 is 0 Å². The van der Waals surface area contributed by atoms with Gasteiger partial charge in [0.05, 0.1) is 6.20 Å². The zero-order valence-electron chi connectivity index (χ0n) is 12.1. The number of hydrazine groups is 1. The molecule has 2 aromatic heterocycles. The number of hydrogen-bond acceptors (Lipinski definition) is 6. The maximum atomic E-state index is 5.44. The molecule has 2 rings (SSSR count). The minimum Gasteiger partial charge on any atom is -0.366 e. The molecule has 0 unspecified atom stereocenters. The van der Waals surface area contributed by atoms with E-state index in [2.05, 4.69) is 32.7 Å². The van der Waals surface area contributed by atoms with E-state index in [9.17, 15) is 0 Å². The minimum absolute atomic E-state index is 0.619.